The van der Waals surface area contributed by atoms with Gasteiger partial charge in [0.2, 0.25) is 10.0 Å². The summed E-state index contributed by atoms with van der Waals surface area (Å²) in [5, 5.41) is 2.91. The molecule has 1 rings (SSSR count). The summed E-state index contributed by atoms with van der Waals surface area (Å²) in [6, 6.07) is -0.0773. The van der Waals surface area contributed by atoms with Crippen molar-refractivity contribution in [2.24, 2.45) is 10.7 Å². The SMILES string of the molecule is COCCNC(N)=NCC1CCCCN1S(C)(=O)=O. The first-order valence-electron chi connectivity index (χ1n) is 6.44. The van der Waals surface area contributed by atoms with E-state index in [4.69, 9.17) is 10.5 Å². The van der Waals surface area contributed by atoms with Gasteiger partial charge in [-0.15, -0.1) is 0 Å². The van der Waals surface area contributed by atoms with Crippen molar-refractivity contribution in [3.8, 4) is 0 Å². The number of nitrogens with one attached hydrogen (secondary N) is 1. The summed E-state index contributed by atoms with van der Waals surface area (Å²) in [6.45, 7) is 2.12. The van der Waals surface area contributed by atoms with Crippen LogP contribution in [0.25, 0.3) is 0 Å². The molecule has 112 valence electrons. The fourth-order valence-electron chi connectivity index (χ4n) is 2.13. The zero-order valence-electron chi connectivity index (χ0n) is 11.6. The van der Waals surface area contributed by atoms with Gasteiger partial charge in [-0.3, -0.25) is 4.99 Å². The average Bonchev–Trinajstić information content (AvgIpc) is 2.36. The lowest BCUT2D eigenvalue weighted by molar-refractivity contribution is 0.204. The van der Waals surface area contributed by atoms with E-state index in [1.165, 1.54) is 10.6 Å². The lowest BCUT2D eigenvalue weighted by atomic mass is 10.1. The van der Waals surface area contributed by atoms with Crippen LogP contribution in [0.1, 0.15) is 19.3 Å². The molecule has 0 aromatic rings. The molecule has 0 amide bonds. The van der Waals surface area contributed by atoms with Gasteiger partial charge in [-0.2, -0.15) is 4.31 Å². The van der Waals surface area contributed by atoms with Gasteiger partial charge in [0.05, 0.1) is 19.4 Å². The van der Waals surface area contributed by atoms with Gasteiger partial charge < -0.3 is 15.8 Å². The summed E-state index contributed by atoms with van der Waals surface area (Å²) in [4.78, 5) is 4.21. The van der Waals surface area contributed by atoms with Gasteiger partial charge in [-0.05, 0) is 12.8 Å². The Morgan fingerprint density at radius 3 is 2.89 bits per heavy atom. The molecule has 0 bridgehead atoms. The predicted octanol–water partition coefficient (Wildman–Crippen LogP) is -0.649. The molecule has 1 unspecified atom stereocenters. The van der Waals surface area contributed by atoms with Crippen LogP contribution >= 0.6 is 0 Å². The van der Waals surface area contributed by atoms with E-state index in [-0.39, 0.29) is 6.04 Å². The molecule has 7 nitrogen and oxygen atoms in total. The maximum absolute atomic E-state index is 11.7. The monoisotopic (exact) mass is 292 g/mol. The second kappa shape index (κ2) is 7.66. The Balaban J connectivity index is 2.51. The highest BCUT2D eigenvalue weighted by Crippen LogP contribution is 2.19. The molecule has 1 aliphatic rings. The molecule has 1 heterocycles. The van der Waals surface area contributed by atoms with Crippen LogP contribution in [-0.2, 0) is 14.8 Å². The minimum Gasteiger partial charge on any atom is -0.383 e. The number of ether oxygens (including phenoxy) is 1. The first-order chi connectivity index (χ1) is 8.95. The Labute approximate surface area is 115 Å². The van der Waals surface area contributed by atoms with E-state index in [0.29, 0.717) is 32.2 Å². The molecular formula is C11H24N4O3S. The third-order valence-electron chi connectivity index (χ3n) is 3.08. The number of nitrogens with two attached hydrogens (primary N) is 1. The molecule has 1 fully saturated rings. The van der Waals surface area contributed by atoms with E-state index in [0.717, 1.165) is 19.3 Å². The van der Waals surface area contributed by atoms with Gasteiger partial charge in [0.1, 0.15) is 0 Å². The molecule has 0 saturated carbocycles. The molecular weight excluding hydrogens is 268 g/mol. The van der Waals surface area contributed by atoms with E-state index in [1.807, 2.05) is 0 Å². The number of hydrogen-bond acceptors (Lipinski definition) is 4. The van der Waals surface area contributed by atoms with Gasteiger partial charge in [0, 0.05) is 26.2 Å². The van der Waals surface area contributed by atoms with Gasteiger partial charge in [0.25, 0.3) is 0 Å². The van der Waals surface area contributed by atoms with Crippen LogP contribution in [-0.4, -0.2) is 64.3 Å². The average molecular weight is 292 g/mol. The topological polar surface area (TPSA) is 97.0 Å². The number of nitrogens with zero attached hydrogens (tertiary/aromatic N) is 2. The molecule has 8 heteroatoms. The van der Waals surface area contributed by atoms with Crippen LogP contribution in [0.15, 0.2) is 4.99 Å². The number of piperidine rings is 1. The molecule has 3 N–H and O–H groups in total. The molecule has 0 aromatic carbocycles. The number of guanidine groups is 1. The lowest BCUT2D eigenvalue weighted by Gasteiger charge is -2.32. The Hall–Kier alpha value is -0.860. The lowest BCUT2D eigenvalue weighted by Crippen LogP contribution is -2.45. The van der Waals surface area contributed by atoms with Crippen molar-refractivity contribution in [2.45, 2.75) is 25.3 Å². The van der Waals surface area contributed by atoms with Crippen molar-refractivity contribution in [1.29, 1.82) is 0 Å². The third-order valence-corrected chi connectivity index (χ3v) is 4.42. The highest BCUT2D eigenvalue weighted by Gasteiger charge is 2.28. The van der Waals surface area contributed by atoms with Crippen molar-refractivity contribution in [2.75, 3.05) is 39.6 Å². The number of methoxy groups -OCH3 is 1. The number of hydrogen-bond donors (Lipinski definition) is 2. The molecule has 1 saturated heterocycles. The normalized spacial score (nSPS) is 22.4. The summed E-state index contributed by atoms with van der Waals surface area (Å²) < 4.78 is 29.8. The van der Waals surface area contributed by atoms with Crippen molar-refractivity contribution in [3.63, 3.8) is 0 Å². The Morgan fingerprint density at radius 1 is 1.53 bits per heavy atom. The zero-order chi connectivity index (χ0) is 14.3. The van der Waals surface area contributed by atoms with Crippen LogP contribution in [0.3, 0.4) is 0 Å². The maximum atomic E-state index is 11.7. The Bertz CT molecular complexity index is 397. The first-order valence-corrected chi connectivity index (χ1v) is 8.29. The highest BCUT2D eigenvalue weighted by atomic mass is 32.2. The van der Waals surface area contributed by atoms with Crippen LogP contribution in [0.4, 0.5) is 0 Å². The van der Waals surface area contributed by atoms with Crippen molar-refractivity contribution < 1.29 is 13.2 Å². The largest absolute Gasteiger partial charge is 0.383 e. The smallest absolute Gasteiger partial charge is 0.211 e. The summed E-state index contributed by atoms with van der Waals surface area (Å²) in [5.74, 6) is 0.330. The van der Waals surface area contributed by atoms with Gasteiger partial charge in [-0.25, -0.2) is 8.42 Å². The Morgan fingerprint density at radius 2 is 2.26 bits per heavy atom. The third kappa shape index (κ3) is 5.75. The van der Waals surface area contributed by atoms with Crippen LogP contribution in [0.2, 0.25) is 0 Å². The number of rotatable bonds is 6. The molecule has 0 aromatic heterocycles. The van der Waals surface area contributed by atoms with Crippen molar-refractivity contribution in [3.05, 3.63) is 0 Å². The van der Waals surface area contributed by atoms with E-state index in [2.05, 4.69) is 10.3 Å². The summed E-state index contributed by atoms with van der Waals surface area (Å²) >= 11 is 0. The summed E-state index contributed by atoms with van der Waals surface area (Å²) in [7, 11) is -1.55. The van der Waals surface area contributed by atoms with Gasteiger partial charge in [0.15, 0.2) is 5.96 Å². The summed E-state index contributed by atoms with van der Waals surface area (Å²) in [5.41, 5.74) is 5.70. The minimum atomic E-state index is -3.16. The number of sulfonamides is 1. The quantitative estimate of drug-likeness (QED) is 0.385. The van der Waals surface area contributed by atoms with Crippen molar-refractivity contribution in [1.82, 2.24) is 9.62 Å². The van der Waals surface area contributed by atoms with E-state index >= 15 is 0 Å². The molecule has 0 radical (unpaired) electrons. The molecule has 0 aliphatic carbocycles. The van der Waals surface area contributed by atoms with Crippen molar-refractivity contribution >= 4 is 16.0 Å². The highest BCUT2D eigenvalue weighted by molar-refractivity contribution is 7.88. The second-order valence-electron chi connectivity index (χ2n) is 4.67. The molecule has 1 aliphatic heterocycles. The van der Waals surface area contributed by atoms with Gasteiger partial charge in [-0.1, -0.05) is 6.42 Å². The summed E-state index contributed by atoms with van der Waals surface area (Å²) in [6.07, 6.45) is 4.02. The van der Waals surface area contributed by atoms with E-state index in [1.54, 1.807) is 7.11 Å². The van der Waals surface area contributed by atoms with E-state index < -0.39 is 10.0 Å². The number of aliphatic imine (C=N–C) groups is 1. The predicted molar refractivity (Wildman–Crippen MR) is 75.6 cm³/mol. The van der Waals surface area contributed by atoms with Gasteiger partial charge >= 0.3 is 0 Å². The molecule has 1 atom stereocenters. The maximum Gasteiger partial charge on any atom is 0.211 e. The zero-order valence-corrected chi connectivity index (χ0v) is 12.4. The minimum absolute atomic E-state index is 0.0773. The van der Waals surface area contributed by atoms with Crippen LogP contribution < -0.4 is 11.1 Å². The second-order valence-corrected chi connectivity index (χ2v) is 6.60. The fraction of sp³-hybridized carbons (Fsp3) is 0.909. The Kier molecular flexibility index (Phi) is 6.53. The standard InChI is InChI=1S/C11H24N4O3S/c1-18-8-6-13-11(12)14-9-10-5-3-4-7-15(10)19(2,16)17/h10H,3-9H2,1-2H3,(H3,12,13,14). The fourth-order valence-corrected chi connectivity index (χ4v) is 3.31. The molecule has 19 heavy (non-hydrogen) atoms. The first kappa shape index (κ1) is 16.2. The van der Waals surface area contributed by atoms with E-state index in [9.17, 15) is 8.42 Å². The molecule has 0 spiro atoms. The van der Waals surface area contributed by atoms with Crippen LogP contribution in [0.5, 0.6) is 0 Å². The van der Waals surface area contributed by atoms with Crippen LogP contribution in [0, 0.1) is 0 Å².